The molecule has 2 nitrogen and oxygen atoms in total. The van der Waals surface area contributed by atoms with E-state index in [0.29, 0.717) is 5.03 Å². The van der Waals surface area contributed by atoms with E-state index in [2.05, 4.69) is 4.98 Å². The van der Waals surface area contributed by atoms with Crippen LogP contribution in [0.1, 0.15) is 11.1 Å². The third-order valence-electron chi connectivity index (χ3n) is 2.37. The Kier molecular flexibility index (Phi) is 3.78. The van der Waals surface area contributed by atoms with Crippen molar-refractivity contribution in [1.29, 1.82) is 0 Å². The highest BCUT2D eigenvalue weighted by Gasteiger charge is 1.98. The molecule has 86 valence electrons. The lowest BCUT2D eigenvalue weighted by Crippen LogP contribution is -1.82. The zero-order valence-corrected chi connectivity index (χ0v) is 10.2. The van der Waals surface area contributed by atoms with Crippen molar-refractivity contribution in [3.05, 3.63) is 59.9 Å². The molecular formula is C14H12ClNO. The van der Waals surface area contributed by atoms with Gasteiger partial charge in [-0.3, -0.25) is 4.98 Å². The van der Waals surface area contributed by atoms with E-state index in [4.69, 9.17) is 16.3 Å². The minimum atomic E-state index is 0.692. The van der Waals surface area contributed by atoms with Crippen molar-refractivity contribution in [1.82, 2.24) is 4.98 Å². The molecular weight excluding hydrogens is 234 g/mol. The first-order valence-corrected chi connectivity index (χ1v) is 5.59. The fourth-order valence-electron chi connectivity index (χ4n) is 1.44. The molecule has 0 N–H and O–H groups in total. The van der Waals surface area contributed by atoms with E-state index in [-0.39, 0.29) is 0 Å². The summed E-state index contributed by atoms with van der Waals surface area (Å²) in [6.07, 6.45) is 5.36. The second kappa shape index (κ2) is 5.51. The zero-order chi connectivity index (χ0) is 12.1. The van der Waals surface area contributed by atoms with Crippen molar-refractivity contribution < 1.29 is 4.74 Å². The van der Waals surface area contributed by atoms with E-state index in [9.17, 15) is 0 Å². The van der Waals surface area contributed by atoms with Gasteiger partial charge in [0, 0.05) is 17.4 Å². The predicted octanol–water partition coefficient (Wildman–Crippen LogP) is 3.83. The highest BCUT2D eigenvalue weighted by atomic mass is 35.5. The van der Waals surface area contributed by atoms with Crippen LogP contribution in [-0.2, 0) is 0 Å². The smallest absolute Gasteiger partial charge is 0.118 e. The first-order valence-electron chi connectivity index (χ1n) is 5.21. The molecule has 0 spiro atoms. The monoisotopic (exact) mass is 245 g/mol. The maximum Gasteiger partial charge on any atom is 0.118 e. The molecule has 0 aliphatic heterocycles. The lowest BCUT2D eigenvalue weighted by molar-refractivity contribution is 0.415. The molecule has 0 unspecified atom stereocenters. The number of hydrogen-bond donors (Lipinski definition) is 0. The maximum absolute atomic E-state index is 6.22. The van der Waals surface area contributed by atoms with Crippen LogP contribution in [-0.4, -0.2) is 12.1 Å². The summed E-state index contributed by atoms with van der Waals surface area (Å²) < 4.78 is 5.10. The fourth-order valence-corrected chi connectivity index (χ4v) is 1.69. The van der Waals surface area contributed by atoms with Crippen LogP contribution < -0.4 is 4.74 Å². The first-order chi connectivity index (χ1) is 8.29. The van der Waals surface area contributed by atoms with Crippen LogP contribution in [0.5, 0.6) is 5.75 Å². The summed E-state index contributed by atoms with van der Waals surface area (Å²) in [5.41, 5.74) is 1.99. The van der Waals surface area contributed by atoms with Crippen molar-refractivity contribution in [2.24, 2.45) is 0 Å². The molecule has 2 aromatic rings. The molecule has 0 radical (unpaired) electrons. The van der Waals surface area contributed by atoms with Gasteiger partial charge >= 0.3 is 0 Å². The molecule has 1 aromatic carbocycles. The average molecular weight is 246 g/mol. The van der Waals surface area contributed by atoms with Crippen molar-refractivity contribution in [2.45, 2.75) is 0 Å². The van der Waals surface area contributed by atoms with Gasteiger partial charge in [0.1, 0.15) is 5.75 Å². The lowest BCUT2D eigenvalue weighted by atomic mass is 10.1. The van der Waals surface area contributed by atoms with Gasteiger partial charge in [0.15, 0.2) is 0 Å². The summed E-state index contributed by atoms with van der Waals surface area (Å²) in [4.78, 5) is 3.96. The van der Waals surface area contributed by atoms with E-state index in [1.807, 2.05) is 42.5 Å². The molecule has 2 rings (SSSR count). The second-order valence-electron chi connectivity index (χ2n) is 3.50. The average Bonchev–Trinajstić information content (AvgIpc) is 2.40. The molecule has 0 fully saturated rings. The zero-order valence-electron chi connectivity index (χ0n) is 9.43. The molecule has 0 atom stereocenters. The van der Waals surface area contributed by atoms with Crippen molar-refractivity contribution >= 4 is 22.7 Å². The topological polar surface area (TPSA) is 22.1 Å². The van der Waals surface area contributed by atoms with Crippen molar-refractivity contribution in [3.63, 3.8) is 0 Å². The summed E-state index contributed by atoms with van der Waals surface area (Å²) >= 11 is 6.22. The number of pyridine rings is 1. The normalized spacial score (nSPS) is 11.3. The minimum absolute atomic E-state index is 0.692. The summed E-state index contributed by atoms with van der Waals surface area (Å²) in [5, 5.41) is 0.692. The molecule has 0 aliphatic rings. The maximum atomic E-state index is 6.22. The Bertz CT molecular complexity index is 506. The Morgan fingerprint density at radius 3 is 2.35 bits per heavy atom. The van der Waals surface area contributed by atoms with Crippen LogP contribution in [0.15, 0.2) is 48.8 Å². The minimum Gasteiger partial charge on any atom is -0.497 e. The molecule has 0 bridgehead atoms. The molecule has 3 heteroatoms. The summed E-state index contributed by atoms with van der Waals surface area (Å²) in [6, 6.07) is 11.5. The fraction of sp³-hybridized carbons (Fsp3) is 0.0714. The van der Waals surface area contributed by atoms with Gasteiger partial charge in [0.05, 0.1) is 7.11 Å². The number of aromatic nitrogens is 1. The molecule has 0 saturated carbocycles. The van der Waals surface area contributed by atoms with Crippen LogP contribution in [0.4, 0.5) is 0 Å². The molecule has 17 heavy (non-hydrogen) atoms. The van der Waals surface area contributed by atoms with E-state index in [0.717, 1.165) is 16.9 Å². The van der Waals surface area contributed by atoms with Gasteiger partial charge in [-0.05, 0) is 41.5 Å². The Hall–Kier alpha value is -1.80. The summed E-state index contributed by atoms with van der Waals surface area (Å²) in [5.74, 6) is 0.835. The molecule has 1 aromatic heterocycles. The highest BCUT2D eigenvalue weighted by Crippen LogP contribution is 2.22. The van der Waals surface area contributed by atoms with E-state index >= 15 is 0 Å². The number of methoxy groups -OCH3 is 1. The van der Waals surface area contributed by atoms with Crippen LogP contribution in [0.25, 0.3) is 11.1 Å². The van der Waals surface area contributed by atoms with Crippen LogP contribution in [0.3, 0.4) is 0 Å². The Morgan fingerprint density at radius 1 is 1.12 bits per heavy atom. The number of rotatable bonds is 3. The summed E-state index contributed by atoms with van der Waals surface area (Å²) in [6.45, 7) is 0. The van der Waals surface area contributed by atoms with Crippen LogP contribution >= 0.6 is 11.6 Å². The van der Waals surface area contributed by atoms with E-state index in [1.54, 1.807) is 19.5 Å². The van der Waals surface area contributed by atoms with E-state index < -0.39 is 0 Å². The lowest BCUT2D eigenvalue weighted by Gasteiger charge is -2.01. The van der Waals surface area contributed by atoms with Gasteiger partial charge in [-0.2, -0.15) is 0 Å². The Morgan fingerprint density at radius 2 is 1.76 bits per heavy atom. The Labute approximate surface area is 106 Å². The van der Waals surface area contributed by atoms with Crippen LogP contribution in [0, 0.1) is 0 Å². The van der Waals surface area contributed by atoms with Crippen molar-refractivity contribution in [3.8, 4) is 5.75 Å². The number of hydrogen-bond acceptors (Lipinski definition) is 2. The van der Waals surface area contributed by atoms with Gasteiger partial charge in [-0.15, -0.1) is 0 Å². The van der Waals surface area contributed by atoms with Crippen LogP contribution in [0.2, 0.25) is 0 Å². The second-order valence-corrected chi connectivity index (χ2v) is 3.91. The largest absolute Gasteiger partial charge is 0.497 e. The number of halogens is 1. The molecule has 1 heterocycles. The summed E-state index contributed by atoms with van der Waals surface area (Å²) in [7, 11) is 1.65. The molecule has 0 amide bonds. The van der Waals surface area contributed by atoms with Gasteiger partial charge in [-0.25, -0.2) is 0 Å². The van der Waals surface area contributed by atoms with E-state index in [1.165, 1.54) is 0 Å². The first kappa shape index (κ1) is 11.7. The quantitative estimate of drug-likeness (QED) is 0.820. The van der Waals surface area contributed by atoms with Gasteiger partial charge in [0.25, 0.3) is 0 Å². The molecule has 0 saturated heterocycles. The van der Waals surface area contributed by atoms with Crippen molar-refractivity contribution in [2.75, 3.05) is 7.11 Å². The SMILES string of the molecule is COc1ccc(/C=C(/Cl)c2ccncc2)cc1. The van der Waals surface area contributed by atoms with Gasteiger partial charge < -0.3 is 4.74 Å². The third-order valence-corrected chi connectivity index (χ3v) is 2.69. The standard InChI is InChI=1S/C14H12ClNO/c1-17-13-4-2-11(3-5-13)10-14(15)12-6-8-16-9-7-12/h2-10H,1H3/b14-10+. The number of nitrogens with zero attached hydrogens (tertiary/aromatic N) is 1. The number of ether oxygens (including phenoxy) is 1. The highest BCUT2D eigenvalue weighted by molar-refractivity contribution is 6.51. The molecule has 0 aliphatic carbocycles. The van der Waals surface area contributed by atoms with Gasteiger partial charge in [-0.1, -0.05) is 23.7 Å². The Balaban J connectivity index is 2.23. The third kappa shape index (κ3) is 3.08. The predicted molar refractivity (Wildman–Crippen MR) is 71.0 cm³/mol. The number of benzene rings is 1. The van der Waals surface area contributed by atoms with Gasteiger partial charge in [0.2, 0.25) is 0 Å².